The van der Waals surface area contributed by atoms with Crippen molar-refractivity contribution in [2.24, 2.45) is 21.5 Å². The van der Waals surface area contributed by atoms with Crippen molar-refractivity contribution in [2.75, 3.05) is 0 Å². The van der Waals surface area contributed by atoms with Crippen LogP contribution >= 0.6 is 11.6 Å². The monoisotopic (exact) mass is 372 g/mol. The molecule has 0 fully saturated rings. The van der Waals surface area contributed by atoms with Crippen LogP contribution in [0.2, 0.25) is 5.02 Å². The van der Waals surface area contributed by atoms with Crippen LogP contribution in [0.3, 0.4) is 0 Å². The van der Waals surface area contributed by atoms with Crippen LogP contribution in [-0.2, 0) is 0 Å². The zero-order valence-corrected chi connectivity index (χ0v) is 15.6. The summed E-state index contributed by atoms with van der Waals surface area (Å²) in [4.78, 5) is 8.43. The molecule has 7 heteroatoms. The van der Waals surface area contributed by atoms with Crippen molar-refractivity contribution in [3.63, 3.8) is 0 Å². The van der Waals surface area contributed by atoms with Gasteiger partial charge in [-0.1, -0.05) is 17.7 Å². The van der Waals surface area contributed by atoms with E-state index in [0.29, 0.717) is 22.4 Å². The molecule has 2 atom stereocenters. The van der Waals surface area contributed by atoms with Crippen LogP contribution in [0.4, 0.5) is 11.4 Å². The summed E-state index contributed by atoms with van der Waals surface area (Å²) in [5.74, 6) is 2.56. The van der Waals surface area contributed by atoms with Gasteiger partial charge in [0.05, 0.1) is 0 Å². The Bertz CT molecular complexity index is 822. The number of benzene rings is 2. The Balaban J connectivity index is 0.000000151. The summed E-state index contributed by atoms with van der Waals surface area (Å²) in [6.07, 6.45) is -0.274. The van der Waals surface area contributed by atoms with Gasteiger partial charge in [0.2, 0.25) is 0 Å². The maximum absolute atomic E-state index is 5.80. The van der Waals surface area contributed by atoms with E-state index in [2.05, 4.69) is 9.98 Å². The highest BCUT2D eigenvalue weighted by molar-refractivity contribution is 6.30. The number of halogens is 1. The molecule has 0 amide bonds. The minimum atomic E-state index is -0.159. The molecule has 0 aromatic heterocycles. The van der Waals surface area contributed by atoms with E-state index in [0.717, 1.165) is 22.7 Å². The van der Waals surface area contributed by atoms with Gasteiger partial charge in [-0.3, -0.25) is 0 Å². The van der Waals surface area contributed by atoms with E-state index in [-0.39, 0.29) is 12.2 Å². The third-order valence-corrected chi connectivity index (χ3v) is 4.21. The lowest BCUT2D eigenvalue weighted by Gasteiger charge is -2.20. The second-order valence-electron chi connectivity index (χ2n) is 6.18. The maximum Gasteiger partial charge on any atom is 0.153 e. The second-order valence-corrected chi connectivity index (χ2v) is 6.61. The van der Waals surface area contributed by atoms with Gasteiger partial charge in [0, 0.05) is 5.02 Å². The Morgan fingerprint density at radius 1 is 0.846 bits per heavy atom. The van der Waals surface area contributed by atoms with E-state index in [1.165, 1.54) is 0 Å². The lowest BCUT2D eigenvalue weighted by molar-refractivity contribution is 0.281. The number of fused-ring (bicyclic) bond motifs is 2. The number of aliphatic imine (C=N–C) groups is 2. The molecule has 4 N–H and O–H groups in total. The number of nitrogens with two attached hydrogens (primary N) is 2. The maximum atomic E-state index is 5.80. The summed E-state index contributed by atoms with van der Waals surface area (Å²) in [7, 11) is 0. The summed E-state index contributed by atoms with van der Waals surface area (Å²) in [6.45, 7) is 5.77. The highest BCUT2D eigenvalue weighted by atomic mass is 35.5. The van der Waals surface area contributed by atoms with Gasteiger partial charge >= 0.3 is 0 Å². The molecule has 2 aliphatic heterocycles. The summed E-state index contributed by atoms with van der Waals surface area (Å²) in [5.41, 5.74) is 14.0. The van der Waals surface area contributed by atoms with Crippen molar-refractivity contribution < 1.29 is 9.47 Å². The molecule has 0 radical (unpaired) electrons. The fraction of sp³-hybridized carbons (Fsp3) is 0.263. The van der Waals surface area contributed by atoms with Gasteiger partial charge < -0.3 is 20.9 Å². The minimum absolute atomic E-state index is 0.116. The van der Waals surface area contributed by atoms with Crippen LogP contribution in [0.25, 0.3) is 0 Å². The lowest BCUT2D eigenvalue weighted by atomic mass is 10.2. The van der Waals surface area contributed by atoms with E-state index in [1.54, 1.807) is 18.2 Å². The summed E-state index contributed by atoms with van der Waals surface area (Å²) >= 11 is 5.80. The average Bonchev–Trinajstić information content (AvgIpc) is 2.58. The summed E-state index contributed by atoms with van der Waals surface area (Å²) in [5, 5.41) is 0.633. The van der Waals surface area contributed by atoms with Crippen LogP contribution in [0, 0.1) is 6.92 Å². The molecule has 0 spiro atoms. The molecule has 2 aromatic carbocycles. The molecule has 136 valence electrons. The molecule has 26 heavy (non-hydrogen) atoms. The molecular formula is C19H21ClN4O2. The highest BCUT2D eigenvalue weighted by Gasteiger charge is 2.18. The average molecular weight is 373 g/mol. The van der Waals surface area contributed by atoms with Crippen LogP contribution in [-0.4, -0.2) is 23.9 Å². The van der Waals surface area contributed by atoms with Crippen LogP contribution < -0.4 is 20.9 Å². The van der Waals surface area contributed by atoms with Gasteiger partial charge in [-0.15, -0.1) is 0 Å². The zero-order chi connectivity index (χ0) is 18.8. The van der Waals surface area contributed by atoms with Crippen LogP contribution in [0.1, 0.15) is 19.4 Å². The van der Waals surface area contributed by atoms with Gasteiger partial charge in [-0.25, -0.2) is 9.98 Å². The number of amidine groups is 2. The molecule has 2 aliphatic rings. The number of ether oxygens (including phenoxy) is 2. The van der Waals surface area contributed by atoms with E-state index in [1.807, 2.05) is 39.0 Å². The third-order valence-electron chi connectivity index (χ3n) is 3.98. The first kappa shape index (κ1) is 18.1. The second kappa shape index (κ2) is 7.25. The predicted molar refractivity (Wildman–Crippen MR) is 105 cm³/mol. The van der Waals surface area contributed by atoms with Gasteiger partial charge in [0.1, 0.15) is 34.5 Å². The molecule has 2 aromatic rings. The van der Waals surface area contributed by atoms with Crippen molar-refractivity contribution in [3.05, 3.63) is 47.0 Å². The Morgan fingerprint density at radius 3 is 1.92 bits per heavy atom. The van der Waals surface area contributed by atoms with Gasteiger partial charge in [-0.2, -0.15) is 0 Å². The Labute approximate surface area is 157 Å². The van der Waals surface area contributed by atoms with Crippen molar-refractivity contribution >= 4 is 34.6 Å². The molecular weight excluding hydrogens is 352 g/mol. The fourth-order valence-electron chi connectivity index (χ4n) is 2.45. The largest absolute Gasteiger partial charge is 0.481 e. The third kappa shape index (κ3) is 3.91. The first-order valence-corrected chi connectivity index (χ1v) is 8.63. The summed E-state index contributed by atoms with van der Waals surface area (Å²) < 4.78 is 11.0. The predicted octanol–water partition coefficient (Wildman–Crippen LogP) is 3.87. The molecule has 0 saturated heterocycles. The highest BCUT2D eigenvalue weighted by Crippen LogP contribution is 2.34. The first-order valence-electron chi connectivity index (χ1n) is 8.25. The number of nitrogens with zero attached hydrogens (tertiary/aromatic N) is 2. The smallest absolute Gasteiger partial charge is 0.153 e. The molecule has 2 unspecified atom stereocenters. The minimum Gasteiger partial charge on any atom is -0.481 e. The van der Waals surface area contributed by atoms with Crippen molar-refractivity contribution in [2.45, 2.75) is 33.0 Å². The topological polar surface area (TPSA) is 95.2 Å². The number of hydrogen-bond donors (Lipinski definition) is 2. The SMILES string of the molecule is CC1Oc2ccc(Cl)cc2N=C1N.Cc1ccc2c(c1)N=C(N)C(C)O2. The zero-order valence-electron chi connectivity index (χ0n) is 14.9. The van der Waals surface area contributed by atoms with E-state index >= 15 is 0 Å². The van der Waals surface area contributed by atoms with Gasteiger partial charge in [0.25, 0.3) is 0 Å². The fourth-order valence-corrected chi connectivity index (χ4v) is 2.62. The quantitative estimate of drug-likeness (QED) is 0.733. The van der Waals surface area contributed by atoms with E-state index in [9.17, 15) is 0 Å². The Morgan fingerprint density at radius 2 is 1.35 bits per heavy atom. The summed E-state index contributed by atoms with van der Waals surface area (Å²) in [6, 6.07) is 11.2. The Kier molecular flexibility index (Phi) is 5.04. The van der Waals surface area contributed by atoms with Gasteiger partial charge in [-0.05, 0) is 56.7 Å². The molecule has 2 heterocycles. The molecule has 0 saturated carbocycles. The van der Waals surface area contributed by atoms with Crippen LogP contribution in [0.15, 0.2) is 46.4 Å². The molecule has 4 rings (SSSR count). The van der Waals surface area contributed by atoms with E-state index in [4.69, 9.17) is 32.5 Å². The van der Waals surface area contributed by atoms with Crippen molar-refractivity contribution in [1.82, 2.24) is 0 Å². The number of hydrogen-bond acceptors (Lipinski definition) is 6. The first-order chi connectivity index (χ1) is 12.3. The molecule has 0 aliphatic carbocycles. The normalized spacial score (nSPS) is 20.2. The van der Waals surface area contributed by atoms with Crippen molar-refractivity contribution in [3.8, 4) is 11.5 Å². The Hall–Kier alpha value is -2.73. The number of rotatable bonds is 0. The van der Waals surface area contributed by atoms with Gasteiger partial charge in [0.15, 0.2) is 12.2 Å². The standard InChI is InChI=1S/C10H12N2O.C9H9ClN2O/c1-6-3-4-9-8(5-6)12-10(11)7(2)13-9;1-5-9(11)12-7-4-6(10)2-3-8(7)13-5/h3-5,7H,1-2H3,(H2,11,12);2-5H,1H3,(H2,11,12). The molecule has 6 nitrogen and oxygen atoms in total. The lowest BCUT2D eigenvalue weighted by Crippen LogP contribution is -2.33. The number of aryl methyl sites for hydroxylation is 1. The van der Waals surface area contributed by atoms with Crippen molar-refractivity contribution in [1.29, 1.82) is 0 Å². The van der Waals surface area contributed by atoms with E-state index < -0.39 is 0 Å². The molecule has 0 bridgehead atoms. The van der Waals surface area contributed by atoms with Crippen LogP contribution in [0.5, 0.6) is 11.5 Å².